The summed E-state index contributed by atoms with van der Waals surface area (Å²) < 4.78 is 10.4. The molecule has 2 aromatic carbocycles. The first kappa shape index (κ1) is 25.5. The van der Waals surface area contributed by atoms with Crippen molar-refractivity contribution in [2.75, 3.05) is 26.7 Å². The number of carbonyl (C=O) groups excluding carboxylic acids is 1. The highest BCUT2D eigenvalue weighted by Gasteiger charge is 2.60. The summed E-state index contributed by atoms with van der Waals surface area (Å²) >= 11 is 1.90. The van der Waals surface area contributed by atoms with Crippen molar-refractivity contribution < 1.29 is 9.53 Å². The Kier molecular flexibility index (Phi) is 7.28. The summed E-state index contributed by atoms with van der Waals surface area (Å²) in [7, 11) is 1.90. The summed E-state index contributed by atoms with van der Waals surface area (Å²) in [6.45, 7) is 8.65. The Balaban J connectivity index is 1.17. The lowest BCUT2D eigenvalue weighted by molar-refractivity contribution is 0.150. The summed E-state index contributed by atoms with van der Waals surface area (Å²) in [5.74, 6) is 0.869. The Hall–Kier alpha value is -2.18. The Morgan fingerprint density at radius 3 is 2.67 bits per heavy atom. The largest absolute Gasteiger partial charge is 0.491 e. The molecule has 1 saturated heterocycles. The zero-order valence-electron chi connectivity index (χ0n) is 22.3. The number of benzene rings is 2. The van der Waals surface area contributed by atoms with Gasteiger partial charge >= 0.3 is 6.03 Å². The van der Waals surface area contributed by atoms with Crippen LogP contribution in [-0.4, -0.2) is 59.4 Å². The van der Waals surface area contributed by atoms with E-state index in [9.17, 15) is 4.79 Å². The number of hydrogen-bond donors (Lipinski definition) is 1. The van der Waals surface area contributed by atoms with Crippen LogP contribution in [0.4, 0.5) is 4.79 Å². The topological polar surface area (TPSA) is 44.8 Å². The zero-order chi connectivity index (χ0) is 25.3. The number of nitrogens with one attached hydrogen (secondary N) is 1. The van der Waals surface area contributed by atoms with E-state index < -0.39 is 0 Å². The molecule has 2 amide bonds. The van der Waals surface area contributed by atoms with Gasteiger partial charge in [0.25, 0.3) is 0 Å². The molecule has 0 aromatic heterocycles. The fourth-order valence-electron chi connectivity index (χ4n) is 5.47. The molecule has 2 unspecified atom stereocenters. The Labute approximate surface area is 221 Å². The maximum absolute atomic E-state index is 13.4. The molecule has 2 aromatic rings. The van der Waals surface area contributed by atoms with Crippen molar-refractivity contribution in [3.63, 3.8) is 0 Å². The van der Waals surface area contributed by atoms with Gasteiger partial charge in [-0.15, -0.1) is 0 Å². The molecule has 2 aliphatic carbocycles. The average molecular weight is 508 g/mol. The summed E-state index contributed by atoms with van der Waals surface area (Å²) in [4.78, 5) is 17.3. The van der Waals surface area contributed by atoms with Crippen LogP contribution in [0, 0.1) is 5.41 Å². The fraction of sp³-hybridized carbons (Fsp3) is 0.567. The maximum atomic E-state index is 13.4. The van der Waals surface area contributed by atoms with E-state index in [0.717, 1.165) is 30.7 Å². The predicted molar refractivity (Wildman–Crippen MR) is 149 cm³/mol. The smallest absolute Gasteiger partial charge is 0.320 e. The third-order valence-corrected chi connectivity index (χ3v) is 9.59. The number of likely N-dealkylation sites (N-methyl/N-ethyl adjacent to an activating group) is 1. The number of likely N-dealkylation sites (tertiary alicyclic amines) is 1. The molecule has 5 nitrogen and oxygen atoms in total. The molecule has 0 bridgehead atoms. The third-order valence-electron chi connectivity index (χ3n) is 8.32. The molecule has 1 N–H and O–H groups in total. The molecule has 2 atom stereocenters. The predicted octanol–water partition coefficient (Wildman–Crippen LogP) is 6.38. The SMILES string of the molecule is CCCc1cccc(-c2ccccc2OCCN(C)C(=O)N2CC3(CC3)C(NSC3(C)CC3)C2C)c1. The van der Waals surface area contributed by atoms with Gasteiger partial charge in [0.15, 0.2) is 0 Å². The van der Waals surface area contributed by atoms with Crippen molar-refractivity contribution in [2.24, 2.45) is 5.41 Å². The van der Waals surface area contributed by atoms with Crippen LogP contribution in [-0.2, 0) is 6.42 Å². The van der Waals surface area contributed by atoms with Crippen molar-refractivity contribution in [1.29, 1.82) is 0 Å². The van der Waals surface area contributed by atoms with E-state index in [4.69, 9.17) is 4.74 Å². The molecule has 3 fully saturated rings. The second-order valence-electron chi connectivity index (χ2n) is 11.4. The standard InChI is InChI=1S/C30H41N3O2S/c1-5-9-23-10-8-11-24(20-23)25-12-6-7-13-26(25)35-19-18-32(4)28(34)33-21-30(16-17-30)27(22(33)2)31-36-29(3)14-15-29/h6-8,10-13,20,22,27,31H,5,9,14-19,21H2,1-4H3. The van der Waals surface area contributed by atoms with Gasteiger partial charge in [-0.3, -0.25) is 4.72 Å². The highest BCUT2D eigenvalue weighted by molar-refractivity contribution is 7.99. The molecular formula is C30H41N3O2S. The van der Waals surface area contributed by atoms with Crippen molar-refractivity contribution in [1.82, 2.24) is 14.5 Å². The van der Waals surface area contributed by atoms with E-state index in [1.165, 1.54) is 36.8 Å². The van der Waals surface area contributed by atoms with Crippen molar-refractivity contribution in [3.8, 4) is 16.9 Å². The molecule has 3 aliphatic rings. The maximum Gasteiger partial charge on any atom is 0.320 e. The summed E-state index contributed by atoms with van der Waals surface area (Å²) in [5, 5.41) is 0. The molecule has 6 heteroatoms. The van der Waals surface area contributed by atoms with Crippen LogP contribution in [0.1, 0.15) is 58.4 Å². The van der Waals surface area contributed by atoms with Crippen LogP contribution in [0.25, 0.3) is 11.1 Å². The van der Waals surface area contributed by atoms with Crippen LogP contribution in [0.5, 0.6) is 5.75 Å². The molecular weight excluding hydrogens is 466 g/mol. The van der Waals surface area contributed by atoms with Gasteiger partial charge < -0.3 is 14.5 Å². The van der Waals surface area contributed by atoms with Crippen molar-refractivity contribution in [2.45, 2.75) is 76.1 Å². The number of aryl methyl sites for hydroxylation is 1. The highest BCUT2D eigenvalue weighted by atomic mass is 32.2. The molecule has 1 spiro atoms. The normalized spacial score (nSPS) is 23.1. The quantitative estimate of drug-likeness (QED) is 0.379. The Morgan fingerprint density at radius 1 is 1.17 bits per heavy atom. The summed E-state index contributed by atoms with van der Waals surface area (Å²) in [6.07, 6.45) is 7.23. The lowest BCUT2D eigenvalue weighted by Gasteiger charge is -2.30. The number of rotatable bonds is 10. The summed E-state index contributed by atoms with van der Waals surface area (Å²) in [5.41, 5.74) is 3.90. The Morgan fingerprint density at radius 2 is 1.94 bits per heavy atom. The first-order valence-corrected chi connectivity index (χ1v) is 14.4. The van der Waals surface area contributed by atoms with E-state index in [2.05, 4.69) is 66.8 Å². The number of hydrogen-bond acceptors (Lipinski definition) is 4. The minimum atomic E-state index is 0.116. The fourth-order valence-corrected chi connectivity index (χ4v) is 6.64. The van der Waals surface area contributed by atoms with E-state index in [-0.39, 0.29) is 17.5 Å². The van der Waals surface area contributed by atoms with Crippen molar-refractivity contribution >= 4 is 18.0 Å². The minimum Gasteiger partial charge on any atom is -0.491 e. The van der Waals surface area contributed by atoms with Gasteiger partial charge in [-0.05, 0) is 63.1 Å². The van der Waals surface area contributed by atoms with Gasteiger partial charge in [0.2, 0.25) is 0 Å². The van der Waals surface area contributed by atoms with Gasteiger partial charge in [-0.1, -0.05) is 67.8 Å². The van der Waals surface area contributed by atoms with Crippen LogP contribution in [0.2, 0.25) is 0 Å². The van der Waals surface area contributed by atoms with Gasteiger partial charge in [0, 0.05) is 41.4 Å². The number of carbonyl (C=O) groups is 1. The van der Waals surface area contributed by atoms with Gasteiger partial charge in [-0.2, -0.15) is 0 Å². The molecule has 2 saturated carbocycles. The lowest BCUT2D eigenvalue weighted by Crippen LogP contribution is -2.47. The second-order valence-corrected chi connectivity index (χ2v) is 12.8. The first-order chi connectivity index (χ1) is 17.3. The van der Waals surface area contributed by atoms with Crippen LogP contribution >= 0.6 is 11.9 Å². The van der Waals surface area contributed by atoms with Crippen LogP contribution < -0.4 is 9.46 Å². The van der Waals surface area contributed by atoms with Gasteiger partial charge in [0.1, 0.15) is 12.4 Å². The molecule has 36 heavy (non-hydrogen) atoms. The number of amides is 2. The Bertz CT molecular complexity index is 1080. The van der Waals surface area contributed by atoms with Crippen LogP contribution in [0.3, 0.4) is 0 Å². The molecule has 5 rings (SSSR count). The molecule has 1 heterocycles. The van der Waals surface area contributed by atoms with E-state index in [1.54, 1.807) is 0 Å². The van der Waals surface area contributed by atoms with E-state index in [0.29, 0.717) is 23.9 Å². The average Bonchev–Trinajstić information content (AvgIpc) is 3.79. The van der Waals surface area contributed by atoms with Crippen LogP contribution in [0.15, 0.2) is 48.5 Å². The number of urea groups is 1. The monoisotopic (exact) mass is 507 g/mol. The first-order valence-electron chi connectivity index (χ1n) is 13.6. The number of para-hydroxylation sites is 1. The van der Waals surface area contributed by atoms with Gasteiger partial charge in [-0.25, -0.2) is 4.79 Å². The zero-order valence-corrected chi connectivity index (χ0v) is 23.1. The molecule has 1 aliphatic heterocycles. The summed E-state index contributed by atoms with van der Waals surface area (Å²) in [6, 6.07) is 17.6. The van der Waals surface area contributed by atoms with Crippen molar-refractivity contribution in [3.05, 3.63) is 54.1 Å². The molecule has 194 valence electrons. The second kappa shape index (κ2) is 10.3. The number of ether oxygens (including phenoxy) is 1. The van der Waals surface area contributed by atoms with Gasteiger partial charge in [0.05, 0.1) is 6.54 Å². The van der Waals surface area contributed by atoms with E-state index in [1.807, 2.05) is 36.0 Å². The lowest BCUT2D eigenvalue weighted by atomic mass is 9.98. The van der Waals surface area contributed by atoms with E-state index >= 15 is 0 Å². The third kappa shape index (κ3) is 5.40. The number of nitrogens with zero attached hydrogens (tertiary/aromatic N) is 2. The highest BCUT2D eigenvalue weighted by Crippen LogP contribution is 2.56. The molecule has 0 radical (unpaired) electrons. The minimum absolute atomic E-state index is 0.116.